The quantitative estimate of drug-likeness (QED) is 0.436. The largest absolute Gasteiger partial charge is 0.326 e. The Hall–Kier alpha value is -2.91. The molecule has 2 unspecified atom stereocenters. The van der Waals surface area contributed by atoms with Crippen molar-refractivity contribution in [2.45, 2.75) is 57.8 Å². The van der Waals surface area contributed by atoms with Gasteiger partial charge in [0.15, 0.2) is 0 Å². The van der Waals surface area contributed by atoms with Gasteiger partial charge in [-0.05, 0) is 86.5 Å². The van der Waals surface area contributed by atoms with Crippen molar-refractivity contribution >= 4 is 11.6 Å². The van der Waals surface area contributed by atoms with Gasteiger partial charge >= 0.3 is 0 Å². The van der Waals surface area contributed by atoms with Crippen LogP contribution in [0.3, 0.4) is 0 Å². The second-order valence-electron chi connectivity index (χ2n) is 10.2. The number of nitrogens with zero attached hydrogens (tertiary/aromatic N) is 1. The van der Waals surface area contributed by atoms with E-state index in [9.17, 15) is 4.79 Å². The van der Waals surface area contributed by atoms with Crippen molar-refractivity contribution in [1.29, 1.82) is 0 Å². The molecule has 4 rings (SSSR count). The summed E-state index contributed by atoms with van der Waals surface area (Å²) < 4.78 is 0. The first-order chi connectivity index (χ1) is 17.1. The molecule has 3 heteroatoms. The molecule has 0 radical (unpaired) electrons. The molecule has 3 nitrogen and oxygen atoms in total. The van der Waals surface area contributed by atoms with E-state index in [0.717, 1.165) is 38.2 Å². The molecule has 1 aliphatic carbocycles. The molecule has 184 valence electrons. The maximum Gasteiger partial charge on any atom is 0.226 e. The number of allylic oxidation sites excluding steroid dienone is 6. The van der Waals surface area contributed by atoms with Gasteiger partial charge < -0.3 is 10.2 Å². The number of carbonyl (C=O) groups excluding carboxylic acids is 1. The summed E-state index contributed by atoms with van der Waals surface area (Å²) in [5.74, 6) is 1.05. The highest BCUT2D eigenvalue weighted by atomic mass is 16.1. The van der Waals surface area contributed by atoms with Crippen LogP contribution in [0.25, 0.3) is 0 Å². The summed E-state index contributed by atoms with van der Waals surface area (Å²) in [5.41, 5.74) is 5.10. The second kappa shape index (κ2) is 12.7. The normalized spacial score (nSPS) is 19.6. The zero-order valence-electron chi connectivity index (χ0n) is 21.3. The van der Waals surface area contributed by atoms with Crippen LogP contribution in [0.2, 0.25) is 0 Å². The summed E-state index contributed by atoms with van der Waals surface area (Å²) in [6.45, 7) is 7.27. The molecule has 1 fully saturated rings. The van der Waals surface area contributed by atoms with Crippen molar-refractivity contribution in [2.75, 3.05) is 25.0 Å². The van der Waals surface area contributed by atoms with Crippen molar-refractivity contribution in [3.8, 4) is 0 Å². The average molecular weight is 469 g/mol. The number of likely N-dealkylation sites (tertiary alicyclic amines) is 1. The molecular weight excluding hydrogens is 428 g/mol. The lowest BCUT2D eigenvalue weighted by Gasteiger charge is -2.25. The van der Waals surface area contributed by atoms with Crippen LogP contribution >= 0.6 is 0 Å². The van der Waals surface area contributed by atoms with E-state index in [0.29, 0.717) is 11.8 Å². The number of nitrogens with one attached hydrogen (secondary N) is 1. The molecule has 1 aliphatic heterocycles. The summed E-state index contributed by atoms with van der Waals surface area (Å²) in [4.78, 5) is 14.8. The summed E-state index contributed by atoms with van der Waals surface area (Å²) in [6.07, 6.45) is 17.1. The lowest BCUT2D eigenvalue weighted by Crippen LogP contribution is -2.27. The Balaban J connectivity index is 1.38. The van der Waals surface area contributed by atoms with E-state index in [1.54, 1.807) is 0 Å². The predicted molar refractivity (Wildman–Crippen MR) is 148 cm³/mol. The first kappa shape index (κ1) is 25.2. The van der Waals surface area contributed by atoms with Crippen LogP contribution < -0.4 is 5.32 Å². The smallest absolute Gasteiger partial charge is 0.226 e. The molecule has 1 heterocycles. The van der Waals surface area contributed by atoms with Crippen LogP contribution in [0.4, 0.5) is 5.69 Å². The van der Waals surface area contributed by atoms with Gasteiger partial charge in [-0.15, -0.1) is 0 Å². The Labute approximate surface area is 211 Å². The number of hydrogen-bond donors (Lipinski definition) is 1. The van der Waals surface area contributed by atoms with E-state index in [1.165, 1.54) is 36.0 Å². The van der Waals surface area contributed by atoms with E-state index in [4.69, 9.17) is 0 Å². The van der Waals surface area contributed by atoms with Gasteiger partial charge in [-0.2, -0.15) is 0 Å². The standard InChI is InChI=1S/C32H40N2O/c1-25(2)32(35)33-30-18-10-16-29(24-30)26-17-11-21-34(22-19-26)23-20-31(28-14-8-5-9-15-28)27-12-6-3-4-7-13-27/h3,5-10,12-16,18,24-26,31H,4,11,17,19-23H2,1-2H3,(H,33,35). The first-order valence-corrected chi connectivity index (χ1v) is 13.3. The SMILES string of the molecule is CC(C)C(=O)Nc1cccc(C2CCCN(CCC(C3=CC=CCC=C3)c3ccccc3)CC2)c1. The molecule has 2 atom stereocenters. The first-order valence-electron chi connectivity index (χ1n) is 13.3. The van der Waals surface area contributed by atoms with Gasteiger partial charge in [-0.25, -0.2) is 0 Å². The molecule has 0 bridgehead atoms. The van der Waals surface area contributed by atoms with E-state index >= 15 is 0 Å². The van der Waals surface area contributed by atoms with Crippen LogP contribution in [-0.2, 0) is 4.79 Å². The fraction of sp³-hybridized carbons (Fsp3) is 0.406. The highest BCUT2D eigenvalue weighted by molar-refractivity contribution is 5.92. The van der Waals surface area contributed by atoms with Crippen LogP contribution in [-0.4, -0.2) is 30.4 Å². The van der Waals surface area contributed by atoms with E-state index in [-0.39, 0.29) is 11.8 Å². The highest BCUT2D eigenvalue weighted by Crippen LogP contribution is 2.33. The number of hydrogen-bond acceptors (Lipinski definition) is 2. The Bertz CT molecular complexity index is 1050. The summed E-state index contributed by atoms with van der Waals surface area (Å²) in [7, 11) is 0. The minimum Gasteiger partial charge on any atom is -0.326 e. The van der Waals surface area contributed by atoms with E-state index < -0.39 is 0 Å². The molecule has 35 heavy (non-hydrogen) atoms. The minimum absolute atomic E-state index is 0.00919. The molecule has 0 saturated carbocycles. The predicted octanol–water partition coefficient (Wildman–Crippen LogP) is 7.47. The van der Waals surface area contributed by atoms with Crippen LogP contribution in [0, 0.1) is 5.92 Å². The van der Waals surface area contributed by atoms with Crippen molar-refractivity contribution in [3.05, 3.63) is 102 Å². The Morgan fingerprint density at radius 3 is 2.71 bits per heavy atom. The third-order valence-corrected chi connectivity index (χ3v) is 7.32. The number of amides is 1. The molecule has 1 N–H and O–H groups in total. The third kappa shape index (κ3) is 7.29. The molecule has 0 aromatic heterocycles. The summed E-state index contributed by atoms with van der Waals surface area (Å²) in [6, 6.07) is 19.5. The van der Waals surface area contributed by atoms with Gasteiger partial charge in [0.1, 0.15) is 0 Å². The zero-order valence-corrected chi connectivity index (χ0v) is 21.3. The Kier molecular flexibility index (Phi) is 9.14. The highest BCUT2D eigenvalue weighted by Gasteiger charge is 2.21. The maximum atomic E-state index is 12.1. The number of benzene rings is 2. The van der Waals surface area contributed by atoms with Crippen LogP contribution in [0.15, 0.2) is 90.6 Å². The van der Waals surface area contributed by atoms with Crippen molar-refractivity contribution < 1.29 is 4.79 Å². The van der Waals surface area contributed by atoms with E-state index in [1.807, 2.05) is 19.9 Å². The third-order valence-electron chi connectivity index (χ3n) is 7.32. The fourth-order valence-electron chi connectivity index (χ4n) is 5.22. The summed E-state index contributed by atoms with van der Waals surface area (Å²) >= 11 is 0. The number of rotatable bonds is 8. The van der Waals surface area contributed by atoms with Gasteiger partial charge in [-0.3, -0.25) is 4.79 Å². The number of carbonyl (C=O) groups is 1. The topological polar surface area (TPSA) is 32.3 Å². The number of anilines is 1. The molecule has 1 amide bonds. The summed E-state index contributed by atoms with van der Waals surface area (Å²) in [5, 5.41) is 3.06. The fourth-order valence-corrected chi connectivity index (χ4v) is 5.22. The van der Waals surface area contributed by atoms with Gasteiger partial charge in [0, 0.05) is 17.5 Å². The lowest BCUT2D eigenvalue weighted by molar-refractivity contribution is -0.118. The van der Waals surface area contributed by atoms with Crippen molar-refractivity contribution in [3.63, 3.8) is 0 Å². The van der Waals surface area contributed by atoms with Gasteiger partial charge in [-0.1, -0.05) is 86.7 Å². The van der Waals surface area contributed by atoms with Crippen LogP contribution in [0.1, 0.15) is 68.9 Å². The van der Waals surface area contributed by atoms with Crippen LogP contribution in [0.5, 0.6) is 0 Å². The van der Waals surface area contributed by atoms with Gasteiger partial charge in [0.25, 0.3) is 0 Å². The Morgan fingerprint density at radius 2 is 1.89 bits per heavy atom. The molecule has 0 spiro atoms. The lowest BCUT2D eigenvalue weighted by atomic mass is 9.87. The minimum atomic E-state index is -0.00919. The van der Waals surface area contributed by atoms with Gasteiger partial charge in [0.05, 0.1) is 0 Å². The molecule has 2 aromatic carbocycles. The molecule has 2 aromatic rings. The second-order valence-corrected chi connectivity index (χ2v) is 10.2. The molecule has 1 saturated heterocycles. The van der Waals surface area contributed by atoms with Crippen molar-refractivity contribution in [1.82, 2.24) is 4.90 Å². The average Bonchev–Trinajstić information content (AvgIpc) is 3.29. The Morgan fingerprint density at radius 1 is 1.03 bits per heavy atom. The molecular formula is C32H40N2O. The van der Waals surface area contributed by atoms with E-state index in [2.05, 4.69) is 89.1 Å². The maximum absolute atomic E-state index is 12.1. The monoisotopic (exact) mass is 468 g/mol. The molecule has 2 aliphatic rings. The zero-order chi connectivity index (χ0) is 24.5. The van der Waals surface area contributed by atoms with Gasteiger partial charge in [0.2, 0.25) is 5.91 Å². The van der Waals surface area contributed by atoms with Crippen molar-refractivity contribution in [2.24, 2.45) is 5.92 Å².